The van der Waals surface area contributed by atoms with Crippen LogP contribution in [0.15, 0.2) is 12.1 Å². The van der Waals surface area contributed by atoms with Gasteiger partial charge in [-0.2, -0.15) is 0 Å². The number of nitrogens with two attached hydrogens (primary N) is 1. The standard InChI is InChI=1S/C11H17N3OS/c1-14(6-8-2-3-8)7-9-4-5-10(16-9)11(15)13-12/h4-5,8H,2-3,6-7,12H2,1H3,(H,13,15). The summed E-state index contributed by atoms with van der Waals surface area (Å²) >= 11 is 1.51. The van der Waals surface area contributed by atoms with Crippen LogP contribution in [0.3, 0.4) is 0 Å². The zero-order valence-corrected chi connectivity index (χ0v) is 10.2. The van der Waals surface area contributed by atoms with Crippen LogP contribution in [-0.2, 0) is 6.54 Å². The molecule has 5 heteroatoms. The molecule has 1 saturated carbocycles. The molecule has 1 amide bonds. The summed E-state index contributed by atoms with van der Waals surface area (Å²) < 4.78 is 0. The highest BCUT2D eigenvalue weighted by molar-refractivity contribution is 7.14. The third-order valence-corrected chi connectivity index (χ3v) is 3.78. The third-order valence-electron chi connectivity index (χ3n) is 2.71. The molecule has 1 fully saturated rings. The lowest BCUT2D eigenvalue weighted by Crippen LogP contribution is -2.29. The highest BCUT2D eigenvalue weighted by atomic mass is 32.1. The van der Waals surface area contributed by atoms with Crippen LogP contribution in [0.25, 0.3) is 0 Å². The lowest BCUT2D eigenvalue weighted by atomic mass is 10.3. The lowest BCUT2D eigenvalue weighted by molar-refractivity contribution is 0.0957. The highest BCUT2D eigenvalue weighted by Gasteiger charge is 2.22. The monoisotopic (exact) mass is 239 g/mol. The Bertz CT molecular complexity index is 373. The first-order valence-corrected chi connectivity index (χ1v) is 6.29. The van der Waals surface area contributed by atoms with Gasteiger partial charge in [0.1, 0.15) is 0 Å². The fourth-order valence-electron chi connectivity index (χ4n) is 1.73. The maximum atomic E-state index is 11.3. The molecule has 2 rings (SSSR count). The molecule has 3 N–H and O–H groups in total. The molecule has 0 aliphatic heterocycles. The molecule has 16 heavy (non-hydrogen) atoms. The molecule has 0 saturated heterocycles. The van der Waals surface area contributed by atoms with Gasteiger partial charge in [0, 0.05) is 18.0 Å². The van der Waals surface area contributed by atoms with Gasteiger partial charge >= 0.3 is 0 Å². The van der Waals surface area contributed by atoms with E-state index < -0.39 is 0 Å². The number of amides is 1. The van der Waals surface area contributed by atoms with Gasteiger partial charge in [-0.15, -0.1) is 11.3 Å². The van der Waals surface area contributed by atoms with E-state index in [1.54, 1.807) is 0 Å². The van der Waals surface area contributed by atoms with Gasteiger partial charge in [-0.3, -0.25) is 10.2 Å². The molecule has 0 aromatic carbocycles. The summed E-state index contributed by atoms with van der Waals surface area (Å²) in [5, 5.41) is 0. The first kappa shape index (κ1) is 11.6. The minimum atomic E-state index is -0.207. The van der Waals surface area contributed by atoms with E-state index in [0.717, 1.165) is 19.0 Å². The van der Waals surface area contributed by atoms with E-state index in [9.17, 15) is 4.79 Å². The summed E-state index contributed by atoms with van der Waals surface area (Å²) in [7, 11) is 2.13. The van der Waals surface area contributed by atoms with E-state index in [0.29, 0.717) is 4.88 Å². The highest BCUT2D eigenvalue weighted by Crippen LogP contribution is 2.30. The molecule has 1 aliphatic carbocycles. The van der Waals surface area contributed by atoms with Crippen molar-refractivity contribution in [3.8, 4) is 0 Å². The second kappa shape index (κ2) is 4.95. The van der Waals surface area contributed by atoms with E-state index in [4.69, 9.17) is 5.84 Å². The summed E-state index contributed by atoms with van der Waals surface area (Å²) in [6, 6.07) is 3.83. The van der Waals surface area contributed by atoms with Gasteiger partial charge in [-0.25, -0.2) is 5.84 Å². The second-order valence-corrected chi connectivity index (χ2v) is 5.55. The molecule has 0 atom stereocenters. The summed E-state index contributed by atoms with van der Waals surface area (Å²) in [4.78, 5) is 15.5. The molecule has 4 nitrogen and oxygen atoms in total. The topological polar surface area (TPSA) is 58.4 Å². The quantitative estimate of drug-likeness (QED) is 0.461. The Kier molecular flexibility index (Phi) is 3.58. The molecule has 0 unspecified atom stereocenters. The Morgan fingerprint density at radius 2 is 2.38 bits per heavy atom. The number of rotatable bonds is 5. The van der Waals surface area contributed by atoms with Crippen molar-refractivity contribution in [1.29, 1.82) is 0 Å². The van der Waals surface area contributed by atoms with Crippen LogP contribution in [-0.4, -0.2) is 24.4 Å². The Morgan fingerprint density at radius 1 is 1.62 bits per heavy atom. The van der Waals surface area contributed by atoms with E-state index >= 15 is 0 Å². The van der Waals surface area contributed by atoms with Crippen LogP contribution < -0.4 is 11.3 Å². The molecular weight excluding hydrogens is 222 g/mol. The van der Waals surface area contributed by atoms with Crippen molar-refractivity contribution in [3.63, 3.8) is 0 Å². The fraction of sp³-hybridized carbons (Fsp3) is 0.545. The molecule has 1 heterocycles. The molecule has 0 radical (unpaired) electrons. The van der Waals surface area contributed by atoms with E-state index in [1.165, 1.54) is 29.1 Å². The molecule has 88 valence electrons. The minimum absolute atomic E-state index is 0.207. The molecule has 1 aromatic rings. The Morgan fingerprint density at radius 3 is 3.00 bits per heavy atom. The maximum absolute atomic E-state index is 11.3. The Hall–Kier alpha value is -0.910. The van der Waals surface area contributed by atoms with Crippen molar-refractivity contribution in [2.75, 3.05) is 13.6 Å². The maximum Gasteiger partial charge on any atom is 0.275 e. The van der Waals surface area contributed by atoms with Gasteiger partial charge in [-0.05, 0) is 37.9 Å². The van der Waals surface area contributed by atoms with Crippen molar-refractivity contribution in [3.05, 3.63) is 21.9 Å². The molecule has 1 aromatic heterocycles. The number of nitrogens with zero attached hydrogens (tertiary/aromatic N) is 1. The lowest BCUT2D eigenvalue weighted by Gasteiger charge is -2.14. The van der Waals surface area contributed by atoms with Crippen LogP contribution in [0.2, 0.25) is 0 Å². The predicted molar refractivity (Wildman–Crippen MR) is 65.0 cm³/mol. The predicted octanol–water partition coefficient (Wildman–Crippen LogP) is 1.19. The van der Waals surface area contributed by atoms with Crippen molar-refractivity contribution in [1.82, 2.24) is 10.3 Å². The first-order chi connectivity index (χ1) is 7.69. The summed E-state index contributed by atoms with van der Waals surface area (Å²) in [5.74, 6) is 5.78. The van der Waals surface area contributed by atoms with Gasteiger partial charge < -0.3 is 4.90 Å². The Labute approximate surface area is 99.4 Å². The number of nitrogens with one attached hydrogen (secondary N) is 1. The normalized spacial score (nSPS) is 15.4. The minimum Gasteiger partial charge on any atom is -0.301 e. The van der Waals surface area contributed by atoms with Crippen molar-refractivity contribution in [2.24, 2.45) is 11.8 Å². The van der Waals surface area contributed by atoms with E-state index in [-0.39, 0.29) is 5.91 Å². The number of carbonyl (C=O) groups is 1. The number of hydrazine groups is 1. The van der Waals surface area contributed by atoms with Crippen LogP contribution in [0.1, 0.15) is 27.4 Å². The molecular formula is C11H17N3OS. The number of thiophene rings is 1. The number of hydrogen-bond acceptors (Lipinski definition) is 4. The van der Waals surface area contributed by atoms with Crippen LogP contribution >= 0.6 is 11.3 Å². The van der Waals surface area contributed by atoms with Crippen LogP contribution in [0.5, 0.6) is 0 Å². The summed E-state index contributed by atoms with van der Waals surface area (Å²) in [6.45, 7) is 2.08. The van der Waals surface area contributed by atoms with Gasteiger partial charge in [0.25, 0.3) is 5.91 Å². The van der Waals surface area contributed by atoms with Crippen molar-refractivity contribution < 1.29 is 4.79 Å². The molecule has 1 aliphatic rings. The number of carbonyl (C=O) groups excluding carboxylic acids is 1. The summed E-state index contributed by atoms with van der Waals surface area (Å²) in [5.41, 5.74) is 2.15. The van der Waals surface area contributed by atoms with Gasteiger partial charge in [0.2, 0.25) is 0 Å². The van der Waals surface area contributed by atoms with Crippen LogP contribution in [0.4, 0.5) is 0 Å². The SMILES string of the molecule is CN(Cc1ccc(C(=O)NN)s1)CC1CC1. The van der Waals surface area contributed by atoms with Gasteiger partial charge in [0.05, 0.1) is 4.88 Å². The van der Waals surface area contributed by atoms with Crippen LogP contribution in [0, 0.1) is 5.92 Å². The fourth-order valence-corrected chi connectivity index (χ4v) is 2.72. The number of hydrogen-bond donors (Lipinski definition) is 2. The van der Waals surface area contributed by atoms with E-state index in [2.05, 4.69) is 17.4 Å². The first-order valence-electron chi connectivity index (χ1n) is 5.47. The average molecular weight is 239 g/mol. The van der Waals surface area contributed by atoms with Gasteiger partial charge in [0.15, 0.2) is 0 Å². The average Bonchev–Trinajstić information content (AvgIpc) is 2.94. The van der Waals surface area contributed by atoms with Crippen molar-refractivity contribution in [2.45, 2.75) is 19.4 Å². The van der Waals surface area contributed by atoms with E-state index in [1.807, 2.05) is 12.1 Å². The smallest absolute Gasteiger partial charge is 0.275 e. The van der Waals surface area contributed by atoms with Gasteiger partial charge in [-0.1, -0.05) is 0 Å². The zero-order valence-electron chi connectivity index (χ0n) is 9.40. The molecule has 0 spiro atoms. The van der Waals surface area contributed by atoms with Crippen molar-refractivity contribution >= 4 is 17.2 Å². The summed E-state index contributed by atoms with van der Waals surface area (Å²) in [6.07, 6.45) is 2.74. The zero-order chi connectivity index (χ0) is 11.5. The molecule has 0 bridgehead atoms. The second-order valence-electron chi connectivity index (χ2n) is 4.38. The Balaban J connectivity index is 1.88. The number of nitrogen functional groups attached to an aromatic ring is 1. The largest absolute Gasteiger partial charge is 0.301 e. The third kappa shape index (κ3) is 3.04.